The molecule has 0 aromatic heterocycles. The number of phenolic OH excluding ortho intramolecular Hbond substituents is 1. The average Bonchev–Trinajstić information content (AvgIpc) is 2.66. The third-order valence-corrected chi connectivity index (χ3v) is 4.63. The maximum Gasteiger partial charge on any atom is 0.163 e. The Hall–Kier alpha value is -2.18. The molecule has 0 bridgehead atoms. The number of unbranched alkanes of at least 4 members (excludes halogenated alkanes) is 2. The summed E-state index contributed by atoms with van der Waals surface area (Å²) >= 11 is 0. The number of aromatic hydroxyl groups is 1. The summed E-state index contributed by atoms with van der Waals surface area (Å²) in [5, 5.41) is 22.4. The summed E-state index contributed by atoms with van der Waals surface area (Å²) in [6.45, 7) is 2.85. The molecule has 1 unspecified atom stereocenters. The maximum atomic E-state index is 12.2. The number of phenols is 1. The average molecular weight is 392 g/mol. The molecule has 0 amide bonds. The molecule has 1 aromatic rings. The zero-order valence-corrected chi connectivity index (χ0v) is 17.2. The molecule has 0 saturated carbocycles. The Kier molecular flexibility index (Phi) is 11.1. The van der Waals surface area contributed by atoms with Crippen molar-refractivity contribution in [3.05, 3.63) is 29.8 Å². The van der Waals surface area contributed by atoms with Crippen LogP contribution in [0, 0.1) is 5.92 Å². The van der Waals surface area contributed by atoms with Crippen LogP contribution in [0.1, 0.15) is 51.0 Å². The lowest BCUT2D eigenvalue weighted by Gasteiger charge is -2.09. The minimum Gasteiger partial charge on any atom is -0.504 e. The first-order valence-electron chi connectivity index (χ1n) is 9.79. The predicted molar refractivity (Wildman–Crippen MR) is 111 cm³/mol. The Bertz CT molecular complexity index is 669. The number of carbonyl (C=O) groups is 2. The monoisotopic (exact) mass is 391 g/mol. The van der Waals surface area contributed by atoms with Gasteiger partial charge in [0, 0.05) is 6.42 Å². The van der Waals surface area contributed by atoms with Gasteiger partial charge in [0.15, 0.2) is 17.3 Å². The third-order valence-electron chi connectivity index (χ3n) is 4.63. The summed E-state index contributed by atoms with van der Waals surface area (Å²) in [4.78, 5) is 24.2. The number of ether oxygens (including phenoxy) is 1. The fourth-order valence-electron chi connectivity index (χ4n) is 3.07. The van der Waals surface area contributed by atoms with Gasteiger partial charge >= 0.3 is 0 Å². The van der Waals surface area contributed by atoms with Crippen LogP contribution in [-0.2, 0) is 9.59 Å². The molecule has 156 valence electrons. The second-order valence-corrected chi connectivity index (χ2v) is 7.16. The molecule has 3 N–H and O–H groups in total. The van der Waals surface area contributed by atoms with Crippen LogP contribution in [0.5, 0.6) is 11.5 Å². The number of benzene rings is 1. The molecule has 0 heterocycles. The molecule has 1 aromatic carbocycles. The summed E-state index contributed by atoms with van der Waals surface area (Å²) in [5.74, 6) is 0.450. The molecule has 0 saturated heterocycles. The number of aliphatic hydroxyl groups is 1. The van der Waals surface area contributed by atoms with Gasteiger partial charge in [0.1, 0.15) is 5.78 Å². The second-order valence-electron chi connectivity index (χ2n) is 7.16. The lowest BCUT2D eigenvalue weighted by Crippen LogP contribution is -2.15. The van der Waals surface area contributed by atoms with E-state index in [9.17, 15) is 19.8 Å². The van der Waals surface area contributed by atoms with E-state index < -0.39 is 0 Å². The fraction of sp³-hybridized carbons (Fsp3) is 0.545. The van der Waals surface area contributed by atoms with Crippen LogP contribution in [0.15, 0.2) is 24.3 Å². The van der Waals surface area contributed by atoms with Gasteiger partial charge in [-0.05, 0) is 61.7 Å². The second kappa shape index (κ2) is 13.1. The van der Waals surface area contributed by atoms with Crippen molar-refractivity contribution < 1.29 is 24.5 Å². The Morgan fingerprint density at radius 1 is 1.25 bits per heavy atom. The number of rotatable bonds is 14. The number of hydrogen-bond donors (Lipinski definition) is 3. The van der Waals surface area contributed by atoms with Crippen molar-refractivity contribution >= 4 is 17.1 Å². The minimum atomic E-state index is -0.349. The largest absolute Gasteiger partial charge is 0.504 e. The van der Waals surface area contributed by atoms with Crippen LogP contribution in [0.25, 0.3) is 5.57 Å². The quantitative estimate of drug-likeness (QED) is 0.256. The first kappa shape index (κ1) is 23.9. The van der Waals surface area contributed by atoms with Crippen LogP contribution in [0.3, 0.4) is 0 Å². The number of allylic oxidation sites excluding steroid dienone is 1. The van der Waals surface area contributed by atoms with E-state index in [1.165, 1.54) is 19.3 Å². The van der Waals surface area contributed by atoms with Gasteiger partial charge in [0.2, 0.25) is 0 Å². The smallest absolute Gasteiger partial charge is 0.163 e. The molecule has 0 aliphatic rings. The lowest BCUT2D eigenvalue weighted by molar-refractivity contribution is -0.124. The highest BCUT2D eigenvalue weighted by Crippen LogP contribution is 2.29. The van der Waals surface area contributed by atoms with Crippen molar-refractivity contribution in [1.29, 1.82) is 0 Å². The molecule has 6 nitrogen and oxygen atoms in total. The molecule has 0 fully saturated rings. The Labute approximate surface area is 167 Å². The summed E-state index contributed by atoms with van der Waals surface area (Å²) in [6, 6.07) is 4.57. The van der Waals surface area contributed by atoms with Crippen LogP contribution < -0.4 is 10.1 Å². The summed E-state index contributed by atoms with van der Waals surface area (Å²) < 4.78 is 5.04. The first-order chi connectivity index (χ1) is 13.4. The highest BCUT2D eigenvalue weighted by Gasteiger charge is 2.11. The Balaban J connectivity index is 2.48. The summed E-state index contributed by atoms with van der Waals surface area (Å²) in [5.41, 5.74) is 0.947. The number of methoxy groups -OCH3 is 1. The number of hydrogen-bond acceptors (Lipinski definition) is 6. The van der Waals surface area contributed by atoms with Crippen molar-refractivity contribution in [3.63, 3.8) is 0 Å². The molecule has 0 aliphatic carbocycles. The topological polar surface area (TPSA) is 95.9 Å². The zero-order chi connectivity index (χ0) is 20.9. The molecular formula is C22H33NO5. The van der Waals surface area contributed by atoms with E-state index in [0.29, 0.717) is 23.5 Å². The van der Waals surface area contributed by atoms with Crippen LogP contribution in [0.2, 0.25) is 0 Å². The number of nitrogens with one attached hydrogen (secondary N) is 1. The van der Waals surface area contributed by atoms with Crippen molar-refractivity contribution in [2.45, 2.75) is 45.4 Å². The van der Waals surface area contributed by atoms with E-state index in [-0.39, 0.29) is 36.1 Å². The number of aliphatic hydroxyl groups excluding tert-OH is 1. The van der Waals surface area contributed by atoms with Crippen LogP contribution >= 0.6 is 0 Å². The Morgan fingerprint density at radius 3 is 2.64 bits per heavy atom. The number of Topliss-reactive ketones (excluding diaryl/α,β-unsaturated/α-hetero) is 1. The van der Waals surface area contributed by atoms with E-state index in [2.05, 4.69) is 12.2 Å². The van der Waals surface area contributed by atoms with E-state index in [0.717, 1.165) is 32.2 Å². The standard InChI is InChI=1S/C22H33NO5/c1-16(14-23-2)7-5-4-6-8-19(25)13-20(26)11-18(15-24)17-9-10-21(27)22(12-17)28-3/h9-12,16,23-24,27H,4-8,13-15H2,1-3H3. The van der Waals surface area contributed by atoms with E-state index in [1.54, 1.807) is 12.1 Å². The molecule has 6 heteroatoms. The van der Waals surface area contributed by atoms with E-state index in [1.807, 2.05) is 7.05 Å². The summed E-state index contributed by atoms with van der Waals surface area (Å²) in [7, 11) is 3.37. The number of ketones is 2. The van der Waals surface area contributed by atoms with Crippen molar-refractivity contribution in [2.75, 3.05) is 27.3 Å². The fourth-order valence-corrected chi connectivity index (χ4v) is 3.07. The van der Waals surface area contributed by atoms with Gasteiger partial charge in [-0.3, -0.25) is 9.59 Å². The van der Waals surface area contributed by atoms with E-state index in [4.69, 9.17) is 4.74 Å². The van der Waals surface area contributed by atoms with Gasteiger partial charge in [0.25, 0.3) is 0 Å². The molecule has 0 spiro atoms. The van der Waals surface area contributed by atoms with Crippen LogP contribution in [-0.4, -0.2) is 49.1 Å². The SMILES string of the molecule is CNCC(C)CCCCCC(=O)CC(=O)C=C(CO)c1ccc(O)c(OC)c1. The van der Waals surface area contributed by atoms with Gasteiger partial charge < -0.3 is 20.3 Å². The Morgan fingerprint density at radius 2 is 2.00 bits per heavy atom. The lowest BCUT2D eigenvalue weighted by atomic mass is 10.00. The molecule has 28 heavy (non-hydrogen) atoms. The van der Waals surface area contributed by atoms with Gasteiger partial charge in [-0.25, -0.2) is 0 Å². The highest BCUT2D eigenvalue weighted by molar-refractivity contribution is 6.07. The molecule has 0 radical (unpaired) electrons. The van der Waals surface area contributed by atoms with Crippen molar-refractivity contribution in [2.24, 2.45) is 5.92 Å². The first-order valence-corrected chi connectivity index (χ1v) is 9.79. The molecule has 1 rings (SSSR count). The van der Waals surface area contributed by atoms with E-state index >= 15 is 0 Å². The predicted octanol–water partition coefficient (Wildman–Crippen LogP) is 3.11. The molecule has 0 aliphatic heterocycles. The van der Waals surface area contributed by atoms with Gasteiger partial charge in [-0.2, -0.15) is 0 Å². The molecular weight excluding hydrogens is 358 g/mol. The zero-order valence-electron chi connectivity index (χ0n) is 17.2. The van der Waals surface area contributed by atoms with Gasteiger partial charge in [0.05, 0.1) is 20.1 Å². The maximum absolute atomic E-state index is 12.2. The van der Waals surface area contributed by atoms with Gasteiger partial charge in [-0.15, -0.1) is 0 Å². The normalized spacial score (nSPS) is 12.6. The highest BCUT2D eigenvalue weighted by atomic mass is 16.5. The van der Waals surface area contributed by atoms with Crippen molar-refractivity contribution in [1.82, 2.24) is 5.32 Å². The van der Waals surface area contributed by atoms with Crippen molar-refractivity contribution in [3.8, 4) is 11.5 Å². The van der Waals surface area contributed by atoms with Gasteiger partial charge in [-0.1, -0.05) is 25.8 Å². The van der Waals surface area contributed by atoms with Crippen LogP contribution in [0.4, 0.5) is 0 Å². The minimum absolute atomic E-state index is 0.0228. The third kappa shape index (κ3) is 8.67. The number of carbonyl (C=O) groups excluding carboxylic acids is 2. The summed E-state index contributed by atoms with van der Waals surface area (Å²) in [6.07, 6.45) is 5.54. The molecule has 1 atom stereocenters.